The van der Waals surface area contributed by atoms with Gasteiger partial charge in [-0.05, 0) is 36.4 Å². The van der Waals surface area contributed by atoms with Crippen LogP contribution in [0.25, 0.3) is 11.3 Å². The monoisotopic (exact) mass is 373 g/mol. The largest absolute Gasteiger partial charge is 0.493 e. The van der Waals surface area contributed by atoms with E-state index < -0.39 is 6.03 Å². The van der Waals surface area contributed by atoms with Crippen LogP contribution in [-0.2, 0) is 0 Å². The first-order chi connectivity index (χ1) is 12.6. The molecule has 2 N–H and O–H groups in total. The highest BCUT2D eigenvalue weighted by Crippen LogP contribution is 2.30. The maximum absolute atomic E-state index is 13.0. The van der Waals surface area contributed by atoms with Gasteiger partial charge in [-0.1, -0.05) is 0 Å². The second kappa shape index (κ2) is 7.83. The van der Waals surface area contributed by atoms with Crippen molar-refractivity contribution in [1.29, 1.82) is 0 Å². The topological polar surface area (TPSA) is 72.5 Å². The maximum atomic E-state index is 13.0. The van der Waals surface area contributed by atoms with Crippen molar-refractivity contribution in [3.8, 4) is 22.8 Å². The van der Waals surface area contributed by atoms with E-state index in [-0.39, 0.29) is 5.82 Å². The van der Waals surface area contributed by atoms with Gasteiger partial charge < -0.3 is 14.8 Å². The lowest BCUT2D eigenvalue weighted by molar-refractivity contribution is 0.262. The summed E-state index contributed by atoms with van der Waals surface area (Å²) in [7, 11) is 3.06. The lowest BCUT2D eigenvalue weighted by Crippen LogP contribution is -2.19. The highest BCUT2D eigenvalue weighted by Gasteiger charge is 2.10. The molecule has 2 amide bonds. The molecular formula is C18H16FN3O3S. The Kier molecular flexibility index (Phi) is 5.33. The third-order valence-corrected chi connectivity index (χ3v) is 4.26. The van der Waals surface area contributed by atoms with Crippen molar-refractivity contribution in [1.82, 2.24) is 4.98 Å². The van der Waals surface area contributed by atoms with Crippen molar-refractivity contribution in [2.75, 3.05) is 24.9 Å². The summed E-state index contributed by atoms with van der Waals surface area (Å²) in [4.78, 5) is 16.5. The van der Waals surface area contributed by atoms with E-state index in [1.54, 1.807) is 42.8 Å². The molecule has 0 radical (unpaired) electrons. The summed E-state index contributed by atoms with van der Waals surface area (Å²) in [6.07, 6.45) is 0. The van der Waals surface area contributed by atoms with E-state index in [0.29, 0.717) is 28.0 Å². The van der Waals surface area contributed by atoms with E-state index in [9.17, 15) is 9.18 Å². The molecule has 0 aliphatic heterocycles. The summed E-state index contributed by atoms with van der Waals surface area (Å²) in [6.45, 7) is 0. The van der Waals surface area contributed by atoms with Crippen LogP contribution in [0.4, 0.5) is 20.0 Å². The number of ether oxygens (including phenoxy) is 2. The number of aromatic nitrogens is 1. The quantitative estimate of drug-likeness (QED) is 0.685. The molecule has 0 fully saturated rings. The van der Waals surface area contributed by atoms with E-state index in [1.807, 2.05) is 0 Å². The fourth-order valence-electron chi connectivity index (χ4n) is 2.26. The number of amides is 2. The Morgan fingerprint density at radius 2 is 1.77 bits per heavy atom. The molecule has 134 valence electrons. The van der Waals surface area contributed by atoms with Gasteiger partial charge in [-0.2, -0.15) is 0 Å². The van der Waals surface area contributed by atoms with Crippen molar-refractivity contribution >= 4 is 28.2 Å². The summed E-state index contributed by atoms with van der Waals surface area (Å²) >= 11 is 1.28. The third kappa shape index (κ3) is 4.09. The molecule has 3 aromatic rings. The minimum absolute atomic E-state index is 0.309. The van der Waals surface area contributed by atoms with Gasteiger partial charge in [-0.25, -0.2) is 14.2 Å². The number of methoxy groups -OCH3 is 2. The zero-order valence-electron chi connectivity index (χ0n) is 14.1. The van der Waals surface area contributed by atoms with Crippen LogP contribution < -0.4 is 20.1 Å². The van der Waals surface area contributed by atoms with Crippen LogP contribution in [-0.4, -0.2) is 25.2 Å². The summed E-state index contributed by atoms with van der Waals surface area (Å²) in [5.74, 6) is 0.775. The number of nitrogens with zero attached hydrogens (tertiary/aromatic N) is 1. The number of rotatable bonds is 5. The Morgan fingerprint density at radius 3 is 2.46 bits per heavy atom. The number of anilines is 2. The summed E-state index contributed by atoms with van der Waals surface area (Å²) in [5, 5.41) is 7.60. The normalized spacial score (nSPS) is 10.3. The smallest absolute Gasteiger partial charge is 0.325 e. The number of halogens is 1. The Balaban J connectivity index is 1.66. The standard InChI is InChI=1S/C18H16FN3O3S/c1-24-15-8-7-13(9-16(15)25-2)20-17(23)22-18-21-14(10-26-18)11-3-5-12(19)6-4-11/h3-10H,1-2H3,(H2,20,21,22,23). The van der Waals surface area contributed by atoms with Gasteiger partial charge in [0.05, 0.1) is 19.9 Å². The van der Waals surface area contributed by atoms with Crippen molar-refractivity contribution < 1.29 is 18.7 Å². The van der Waals surface area contributed by atoms with Crippen LogP contribution in [0.2, 0.25) is 0 Å². The first-order valence-electron chi connectivity index (χ1n) is 7.60. The van der Waals surface area contributed by atoms with Gasteiger partial charge in [0, 0.05) is 22.7 Å². The van der Waals surface area contributed by atoms with E-state index in [1.165, 1.54) is 30.6 Å². The fraction of sp³-hybridized carbons (Fsp3) is 0.111. The predicted octanol–water partition coefficient (Wildman–Crippen LogP) is 4.61. The number of urea groups is 1. The number of carbonyl (C=O) groups excluding carboxylic acids is 1. The second-order valence-electron chi connectivity index (χ2n) is 5.19. The molecule has 0 atom stereocenters. The molecule has 8 heteroatoms. The molecule has 1 aromatic heterocycles. The summed E-state index contributed by atoms with van der Waals surface area (Å²) in [6, 6.07) is 10.6. The zero-order chi connectivity index (χ0) is 18.5. The van der Waals surface area contributed by atoms with Gasteiger partial charge in [-0.15, -0.1) is 11.3 Å². The molecule has 0 bridgehead atoms. The third-order valence-electron chi connectivity index (χ3n) is 3.51. The predicted molar refractivity (Wildman–Crippen MR) is 99.7 cm³/mol. The number of carbonyl (C=O) groups is 1. The van der Waals surface area contributed by atoms with Gasteiger partial charge in [0.2, 0.25) is 0 Å². The first kappa shape index (κ1) is 17.7. The van der Waals surface area contributed by atoms with Gasteiger partial charge in [0.25, 0.3) is 0 Å². The molecule has 3 rings (SSSR count). The minimum Gasteiger partial charge on any atom is -0.493 e. The lowest BCUT2D eigenvalue weighted by Gasteiger charge is -2.10. The van der Waals surface area contributed by atoms with Crippen LogP contribution in [0.15, 0.2) is 47.8 Å². The van der Waals surface area contributed by atoms with Crippen LogP contribution >= 0.6 is 11.3 Å². The van der Waals surface area contributed by atoms with Crippen molar-refractivity contribution in [2.24, 2.45) is 0 Å². The minimum atomic E-state index is -0.433. The van der Waals surface area contributed by atoms with E-state index >= 15 is 0 Å². The molecule has 0 spiro atoms. The summed E-state index contributed by atoms with van der Waals surface area (Å²) < 4.78 is 23.4. The fourth-order valence-corrected chi connectivity index (χ4v) is 2.97. The van der Waals surface area contributed by atoms with E-state index in [4.69, 9.17) is 9.47 Å². The lowest BCUT2D eigenvalue weighted by atomic mass is 10.2. The summed E-state index contributed by atoms with van der Waals surface area (Å²) in [5.41, 5.74) is 1.99. The van der Waals surface area contributed by atoms with Crippen LogP contribution in [0.5, 0.6) is 11.5 Å². The van der Waals surface area contributed by atoms with Gasteiger partial charge in [0.15, 0.2) is 16.6 Å². The van der Waals surface area contributed by atoms with Crippen molar-refractivity contribution in [3.05, 3.63) is 53.7 Å². The molecule has 0 aliphatic rings. The molecule has 6 nitrogen and oxygen atoms in total. The molecule has 0 aliphatic carbocycles. The van der Waals surface area contributed by atoms with Crippen LogP contribution in [0.1, 0.15) is 0 Å². The Hall–Kier alpha value is -3.13. The molecule has 0 saturated heterocycles. The van der Waals surface area contributed by atoms with Gasteiger partial charge in [-0.3, -0.25) is 5.32 Å². The molecular weight excluding hydrogens is 357 g/mol. The Morgan fingerprint density at radius 1 is 1.04 bits per heavy atom. The highest BCUT2D eigenvalue weighted by molar-refractivity contribution is 7.14. The Labute approximate surface area is 153 Å². The van der Waals surface area contributed by atoms with Gasteiger partial charge >= 0.3 is 6.03 Å². The number of nitrogens with one attached hydrogen (secondary N) is 2. The number of hydrogen-bond acceptors (Lipinski definition) is 5. The zero-order valence-corrected chi connectivity index (χ0v) is 14.9. The molecule has 0 saturated carbocycles. The number of hydrogen-bond donors (Lipinski definition) is 2. The molecule has 2 aromatic carbocycles. The molecule has 26 heavy (non-hydrogen) atoms. The van der Waals surface area contributed by atoms with E-state index in [0.717, 1.165) is 5.56 Å². The number of benzene rings is 2. The first-order valence-corrected chi connectivity index (χ1v) is 8.48. The highest BCUT2D eigenvalue weighted by atomic mass is 32.1. The van der Waals surface area contributed by atoms with E-state index in [2.05, 4.69) is 15.6 Å². The second-order valence-corrected chi connectivity index (χ2v) is 6.05. The van der Waals surface area contributed by atoms with Gasteiger partial charge in [0.1, 0.15) is 5.82 Å². The average Bonchev–Trinajstić information content (AvgIpc) is 3.10. The molecule has 0 unspecified atom stereocenters. The van der Waals surface area contributed by atoms with Crippen LogP contribution in [0, 0.1) is 5.82 Å². The average molecular weight is 373 g/mol. The van der Waals surface area contributed by atoms with Crippen molar-refractivity contribution in [3.63, 3.8) is 0 Å². The maximum Gasteiger partial charge on any atom is 0.325 e. The van der Waals surface area contributed by atoms with Crippen LogP contribution in [0.3, 0.4) is 0 Å². The van der Waals surface area contributed by atoms with Crippen molar-refractivity contribution in [2.45, 2.75) is 0 Å². The SMILES string of the molecule is COc1ccc(NC(=O)Nc2nc(-c3ccc(F)cc3)cs2)cc1OC. The Bertz CT molecular complexity index is 912. The molecule has 1 heterocycles. The number of thiazole rings is 1.